The number of carbonyl (C=O) groups excluding carboxylic acids is 1. The molecule has 0 unspecified atom stereocenters. The van der Waals surface area contributed by atoms with Crippen LogP contribution in [0.15, 0.2) is 69.0 Å². The number of thioether (sulfide) groups is 1. The van der Waals surface area contributed by atoms with Gasteiger partial charge >= 0.3 is 0 Å². The Balaban J connectivity index is 1.42. The summed E-state index contributed by atoms with van der Waals surface area (Å²) in [5.41, 5.74) is 5.92. The van der Waals surface area contributed by atoms with Crippen molar-refractivity contribution in [3.63, 3.8) is 0 Å². The Morgan fingerprint density at radius 2 is 1.97 bits per heavy atom. The van der Waals surface area contributed by atoms with Gasteiger partial charge in [0.1, 0.15) is 10.6 Å². The molecule has 0 spiro atoms. The van der Waals surface area contributed by atoms with E-state index in [1.807, 2.05) is 36.6 Å². The smallest absolute Gasteiger partial charge is 0.260 e. The molecule has 0 aliphatic carbocycles. The van der Waals surface area contributed by atoms with Gasteiger partial charge in [-0.05, 0) is 42.3 Å². The highest BCUT2D eigenvalue weighted by Crippen LogP contribution is 2.31. The number of rotatable bonds is 6. The average Bonchev–Trinajstić information content (AvgIpc) is 3.19. The van der Waals surface area contributed by atoms with E-state index in [-0.39, 0.29) is 23.0 Å². The first-order valence-corrected chi connectivity index (χ1v) is 11.2. The average molecular weight is 451 g/mol. The fourth-order valence-electron chi connectivity index (χ4n) is 2.85. The van der Waals surface area contributed by atoms with E-state index in [0.29, 0.717) is 15.4 Å². The van der Waals surface area contributed by atoms with Gasteiger partial charge in [-0.3, -0.25) is 9.59 Å². The molecule has 4 aromatic rings. The number of hydrogen-bond acceptors (Lipinski definition) is 7. The number of aromatic amines is 1. The quantitative estimate of drug-likeness (QED) is 0.179. The maximum atomic E-state index is 12.7. The predicted octanol–water partition coefficient (Wildman–Crippen LogP) is 3.91. The molecule has 1 amide bonds. The number of fused-ring (bicyclic) bond motifs is 1. The third-order valence-corrected chi connectivity index (χ3v) is 6.17. The molecule has 9 heteroatoms. The number of carbonyl (C=O) groups is 1. The zero-order valence-corrected chi connectivity index (χ0v) is 18.1. The minimum absolute atomic E-state index is 0.0531. The van der Waals surface area contributed by atoms with Gasteiger partial charge in [0.25, 0.3) is 11.5 Å². The van der Waals surface area contributed by atoms with Crippen molar-refractivity contribution in [2.75, 3.05) is 5.75 Å². The predicted molar refractivity (Wildman–Crippen MR) is 125 cm³/mol. The number of hydrogen-bond donors (Lipinski definition) is 3. The first-order valence-electron chi connectivity index (χ1n) is 9.32. The molecule has 0 aliphatic heterocycles. The van der Waals surface area contributed by atoms with Crippen molar-refractivity contribution in [3.8, 4) is 16.9 Å². The van der Waals surface area contributed by atoms with Gasteiger partial charge in [0.2, 0.25) is 0 Å². The van der Waals surface area contributed by atoms with Crippen molar-refractivity contribution in [3.05, 3.63) is 75.4 Å². The third-order valence-electron chi connectivity index (χ3n) is 4.42. The van der Waals surface area contributed by atoms with Gasteiger partial charge in [-0.1, -0.05) is 41.6 Å². The number of aromatic nitrogens is 2. The van der Waals surface area contributed by atoms with Crippen LogP contribution in [0.3, 0.4) is 0 Å². The summed E-state index contributed by atoms with van der Waals surface area (Å²) < 4.78 is 0. The SMILES string of the molecule is Cc1ccc(-c2csc3nc(SCC(=O)N/N=C/c4ccc(O)cc4)[nH]c(=O)c23)cc1. The number of hydrazone groups is 1. The van der Waals surface area contributed by atoms with E-state index in [0.717, 1.165) is 34.0 Å². The Morgan fingerprint density at radius 3 is 2.71 bits per heavy atom. The summed E-state index contributed by atoms with van der Waals surface area (Å²) >= 11 is 2.54. The first-order chi connectivity index (χ1) is 15.0. The summed E-state index contributed by atoms with van der Waals surface area (Å²) in [7, 11) is 0. The molecular weight excluding hydrogens is 432 g/mol. The third kappa shape index (κ3) is 5.01. The number of thiophene rings is 1. The normalized spacial score (nSPS) is 11.3. The zero-order chi connectivity index (χ0) is 21.8. The van der Waals surface area contributed by atoms with Crippen LogP contribution in [0.5, 0.6) is 5.75 Å². The number of phenolic OH excluding ortho intramolecular Hbond substituents is 1. The number of nitrogens with one attached hydrogen (secondary N) is 2. The number of amides is 1. The molecule has 31 heavy (non-hydrogen) atoms. The fraction of sp³-hybridized carbons (Fsp3) is 0.0909. The van der Waals surface area contributed by atoms with E-state index in [4.69, 9.17) is 0 Å². The van der Waals surface area contributed by atoms with Crippen molar-refractivity contribution >= 4 is 45.4 Å². The highest BCUT2D eigenvalue weighted by Gasteiger charge is 2.14. The van der Waals surface area contributed by atoms with Gasteiger partial charge in [0.15, 0.2) is 5.16 Å². The molecule has 0 radical (unpaired) electrons. The number of H-pyrrole nitrogens is 1. The van der Waals surface area contributed by atoms with Gasteiger partial charge in [0, 0.05) is 10.9 Å². The second-order valence-corrected chi connectivity index (χ2v) is 8.56. The number of nitrogens with zero attached hydrogens (tertiary/aromatic N) is 2. The van der Waals surface area contributed by atoms with E-state index in [1.165, 1.54) is 29.7 Å². The van der Waals surface area contributed by atoms with Crippen LogP contribution in [0.1, 0.15) is 11.1 Å². The molecule has 0 saturated heterocycles. The van der Waals surface area contributed by atoms with Gasteiger partial charge in [-0.15, -0.1) is 11.3 Å². The molecule has 4 rings (SSSR count). The van der Waals surface area contributed by atoms with Crippen LogP contribution in [-0.2, 0) is 4.79 Å². The Labute approximate surface area is 185 Å². The van der Waals surface area contributed by atoms with Crippen LogP contribution in [0.2, 0.25) is 0 Å². The Kier molecular flexibility index (Phi) is 6.15. The molecule has 156 valence electrons. The molecule has 2 aromatic carbocycles. The van der Waals surface area contributed by atoms with Crippen LogP contribution < -0.4 is 11.0 Å². The second kappa shape index (κ2) is 9.15. The van der Waals surface area contributed by atoms with Gasteiger partial charge in [-0.2, -0.15) is 5.10 Å². The maximum absolute atomic E-state index is 12.7. The molecule has 0 fully saturated rings. The fourth-order valence-corrected chi connectivity index (χ4v) is 4.51. The summed E-state index contributed by atoms with van der Waals surface area (Å²) in [6.07, 6.45) is 1.48. The second-order valence-electron chi connectivity index (χ2n) is 6.74. The zero-order valence-electron chi connectivity index (χ0n) is 16.5. The van der Waals surface area contributed by atoms with Crippen LogP contribution >= 0.6 is 23.1 Å². The van der Waals surface area contributed by atoms with Crippen LogP contribution in [0, 0.1) is 6.92 Å². The van der Waals surface area contributed by atoms with Crippen molar-refractivity contribution < 1.29 is 9.90 Å². The number of aromatic hydroxyl groups is 1. The lowest BCUT2D eigenvalue weighted by molar-refractivity contribution is -0.118. The van der Waals surface area contributed by atoms with Gasteiger partial charge in [-0.25, -0.2) is 10.4 Å². The van der Waals surface area contributed by atoms with E-state index in [2.05, 4.69) is 20.5 Å². The molecule has 2 aromatic heterocycles. The lowest BCUT2D eigenvalue weighted by Gasteiger charge is -2.02. The number of aryl methyl sites for hydroxylation is 1. The summed E-state index contributed by atoms with van der Waals surface area (Å²) in [4.78, 5) is 32.6. The van der Waals surface area contributed by atoms with Crippen molar-refractivity contribution in [2.24, 2.45) is 5.10 Å². The van der Waals surface area contributed by atoms with Crippen LogP contribution in [0.4, 0.5) is 0 Å². The van der Waals surface area contributed by atoms with E-state index >= 15 is 0 Å². The van der Waals surface area contributed by atoms with Crippen LogP contribution in [-0.4, -0.2) is 32.9 Å². The summed E-state index contributed by atoms with van der Waals surface area (Å²) in [6.45, 7) is 2.02. The standard InChI is InChI=1S/C22H18N4O3S2/c1-13-2-6-15(7-3-13)17-11-30-21-19(17)20(29)24-22(25-21)31-12-18(28)26-23-10-14-4-8-16(27)9-5-14/h2-11,27H,12H2,1H3,(H,26,28)(H,24,25,29)/b23-10+. The molecule has 0 atom stereocenters. The van der Waals surface area contributed by atoms with E-state index in [9.17, 15) is 14.7 Å². The monoisotopic (exact) mass is 450 g/mol. The van der Waals surface area contributed by atoms with Gasteiger partial charge < -0.3 is 10.1 Å². The van der Waals surface area contributed by atoms with Crippen LogP contribution in [0.25, 0.3) is 21.3 Å². The number of benzene rings is 2. The topological polar surface area (TPSA) is 107 Å². The Hall–Kier alpha value is -3.43. The lowest BCUT2D eigenvalue weighted by atomic mass is 10.1. The molecular formula is C22H18N4O3S2. The summed E-state index contributed by atoms with van der Waals surface area (Å²) in [5.74, 6) is -0.112. The summed E-state index contributed by atoms with van der Waals surface area (Å²) in [5, 5.41) is 16.0. The molecule has 0 aliphatic rings. The maximum Gasteiger partial charge on any atom is 0.260 e. The molecule has 0 saturated carbocycles. The number of phenols is 1. The van der Waals surface area contributed by atoms with Crippen molar-refractivity contribution in [2.45, 2.75) is 12.1 Å². The van der Waals surface area contributed by atoms with Crippen molar-refractivity contribution in [1.82, 2.24) is 15.4 Å². The minimum Gasteiger partial charge on any atom is -0.508 e. The van der Waals surface area contributed by atoms with Crippen molar-refractivity contribution in [1.29, 1.82) is 0 Å². The summed E-state index contributed by atoms with van der Waals surface area (Å²) in [6, 6.07) is 14.4. The van der Waals surface area contributed by atoms with E-state index < -0.39 is 0 Å². The highest BCUT2D eigenvalue weighted by molar-refractivity contribution is 7.99. The minimum atomic E-state index is -0.325. The van der Waals surface area contributed by atoms with E-state index in [1.54, 1.807) is 12.1 Å². The molecule has 0 bridgehead atoms. The molecule has 7 nitrogen and oxygen atoms in total. The molecule has 2 heterocycles. The highest BCUT2D eigenvalue weighted by atomic mass is 32.2. The Bertz CT molecular complexity index is 1310. The Morgan fingerprint density at radius 1 is 1.23 bits per heavy atom. The lowest BCUT2D eigenvalue weighted by Crippen LogP contribution is -2.20. The largest absolute Gasteiger partial charge is 0.508 e. The molecule has 3 N–H and O–H groups in total. The first kappa shape index (κ1) is 20.8. The van der Waals surface area contributed by atoms with Gasteiger partial charge in [0.05, 0.1) is 17.4 Å².